The van der Waals surface area contributed by atoms with Crippen molar-refractivity contribution < 1.29 is 9.32 Å². The van der Waals surface area contributed by atoms with Gasteiger partial charge in [0.25, 0.3) is 5.91 Å². The minimum Gasteiger partial charge on any atom is -0.388 e. The lowest BCUT2D eigenvalue weighted by Crippen LogP contribution is -2.24. The molecule has 140 valence electrons. The van der Waals surface area contributed by atoms with E-state index in [0.29, 0.717) is 12.1 Å². The first-order chi connectivity index (χ1) is 12.9. The third-order valence-electron chi connectivity index (χ3n) is 4.98. The molecular weight excluding hydrogens is 338 g/mol. The van der Waals surface area contributed by atoms with Gasteiger partial charge in [-0.1, -0.05) is 35.0 Å². The molecule has 0 spiro atoms. The van der Waals surface area contributed by atoms with E-state index in [-0.39, 0.29) is 5.91 Å². The van der Waals surface area contributed by atoms with Crippen LogP contribution in [0.3, 0.4) is 0 Å². The molecule has 0 unspecified atom stereocenters. The predicted molar refractivity (Wildman–Crippen MR) is 108 cm³/mol. The Hall–Kier alpha value is -3.08. The fraction of sp³-hybridized carbons (Fsp3) is 0.273. The zero-order valence-electron chi connectivity index (χ0n) is 16.4. The first-order valence-electron chi connectivity index (χ1n) is 9.00. The van der Waals surface area contributed by atoms with E-state index in [1.54, 1.807) is 0 Å². The number of aryl methyl sites for hydroxylation is 2. The molecule has 3 rings (SSSR count). The molecule has 0 saturated carbocycles. The molecule has 2 N–H and O–H groups in total. The summed E-state index contributed by atoms with van der Waals surface area (Å²) in [4.78, 5) is 12.9. The molecule has 0 aliphatic heterocycles. The lowest BCUT2D eigenvalue weighted by Gasteiger charge is -2.14. The summed E-state index contributed by atoms with van der Waals surface area (Å²) >= 11 is 0. The Labute approximate surface area is 159 Å². The second-order valence-corrected chi connectivity index (χ2v) is 6.81. The Balaban J connectivity index is 1.91. The highest BCUT2D eigenvalue weighted by Crippen LogP contribution is 2.29. The Morgan fingerprint density at radius 3 is 2.30 bits per heavy atom. The maximum atomic E-state index is 12.9. The Kier molecular flexibility index (Phi) is 5.31. The van der Waals surface area contributed by atoms with Crippen molar-refractivity contribution in [3.63, 3.8) is 0 Å². The molecule has 0 atom stereocenters. The maximum absolute atomic E-state index is 12.9. The molecule has 5 nitrogen and oxygen atoms in total. The van der Waals surface area contributed by atoms with Crippen LogP contribution in [0, 0.1) is 27.7 Å². The quantitative estimate of drug-likeness (QED) is 0.698. The molecule has 3 aromatic rings. The Morgan fingerprint density at radius 2 is 1.70 bits per heavy atom. The number of nitrogens with zero attached hydrogens (tertiary/aromatic N) is 1. The fourth-order valence-electron chi connectivity index (χ4n) is 3.01. The second kappa shape index (κ2) is 7.66. The van der Waals surface area contributed by atoms with Crippen molar-refractivity contribution in [2.24, 2.45) is 0 Å². The topological polar surface area (TPSA) is 67.2 Å². The molecule has 2 aromatic carbocycles. The standard InChI is InChI=1S/C22H25N3O2/c1-13-6-8-17(9-7-13)18-10-19(15(3)20(11-18)23-5)22(26)24-12-21-14(2)16(4)27-25-21/h6-11,23H,12H2,1-5H3,(H,24,26). The largest absolute Gasteiger partial charge is 0.388 e. The lowest BCUT2D eigenvalue weighted by molar-refractivity contribution is 0.0949. The average Bonchev–Trinajstić information content (AvgIpc) is 2.99. The highest BCUT2D eigenvalue weighted by atomic mass is 16.5. The van der Waals surface area contributed by atoms with Crippen LogP contribution in [0.2, 0.25) is 0 Å². The van der Waals surface area contributed by atoms with Gasteiger partial charge < -0.3 is 15.2 Å². The van der Waals surface area contributed by atoms with Gasteiger partial charge in [-0.3, -0.25) is 4.79 Å². The van der Waals surface area contributed by atoms with Gasteiger partial charge >= 0.3 is 0 Å². The predicted octanol–water partition coefficient (Wildman–Crippen LogP) is 4.55. The minimum atomic E-state index is -0.127. The molecular formula is C22H25N3O2. The van der Waals surface area contributed by atoms with Gasteiger partial charge in [-0.15, -0.1) is 0 Å². The summed E-state index contributed by atoms with van der Waals surface area (Å²) < 4.78 is 5.17. The van der Waals surface area contributed by atoms with E-state index in [1.807, 2.05) is 33.9 Å². The number of amides is 1. The van der Waals surface area contributed by atoms with Gasteiger partial charge in [-0.2, -0.15) is 0 Å². The van der Waals surface area contributed by atoms with Crippen molar-refractivity contribution in [2.75, 3.05) is 12.4 Å². The average molecular weight is 363 g/mol. The molecule has 0 bridgehead atoms. The number of aromatic nitrogens is 1. The van der Waals surface area contributed by atoms with Crippen molar-refractivity contribution in [3.8, 4) is 11.1 Å². The summed E-state index contributed by atoms with van der Waals surface area (Å²) in [6.45, 7) is 8.15. The first kappa shape index (κ1) is 18.7. The van der Waals surface area contributed by atoms with E-state index < -0.39 is 0 Å². The van der Waals surface area contributed by atoms with Crippen molar-refractivity contribution in [3.05, 3.63) is 70.1 Å². The van der Waals surface area contributed by atoms with Crippen LogP contribution in [-0.4, -0.2) is 18.1 Å². The van der Waals surface area contributed by atoms with E-state index in [4.69, 9.17) is 4.52 Å². The second-order valence-electron chi connectivity index (χ2n) is 6.81. The van der Waals surface area contributed by atoms with Crippen molar-refractivity contribution in [2.45, 2.75) is 34.2 Å². The number of rotatable bonds is 5. The van der Waals surface area contributed by atoms with Crippen LogP contribution in [-0.2, 0) is 6.54 Å². The van der Waals surface area contributed by atoms with E-state index in [9.17, 15) is 4.79 Å². The van der Waals surface area contributed by atoms with Crippen LogP contribution in [0.25, 0.3) is 11.1 Å². The number of carbonyl (C=O) groups is 1. The molecule has 0 aliphatic rings. The van der Waals surface area contributed by atoms with Crippen LogP contribution in [0.4, 0.5) is 5.69 Å². The smallest absolute Gasteiger partial charge is 0.251 e. The number of benzene rings is 2. The lowest BCUT2D eigenvalue weighted by atomic mass is 9.97. The highest BCUT2D eigenvalue weighted by molar-refractivity contribution is 5.98. The van der Waals surface area contributed by atoms with Gasteiger partial charge in [-0.25, -0.2) is 0 Å². The molecule has 0 aliphatic carbocycles. The number of hydrogen-bond donors (Lipinski definition) is 2. The zero-order valence-corrected chi connectivity index (χ0v) is 16.4. The summed E-state index contributed by atoms with van der Waals surface area (Å²) in [7, 11) is 1.87. The molecule has 0 radical (unpaired) electrons. The third-order valence-corrected chi connectivity index (χ3v) is 4.98. The summed E-state index contributed by atoms with van der Waals surface area (Å²) in [6, 6.07) is 12.3. The molecule has 1 heterocycles. The van der Waals surface area contributed by atoms with Crippen LogP contribution in [0.1, 0.15) is 38.5 Å². The molecule has 27 heavy (non-hydrogen) atoms. The van der Waals surface area contributed by atoms with Gasteiger partial charge in [0.1, 0.15) is 11.5 Å². The van der Waals surface area contributed by atoms with E-state index in [1.165, 1.54) is 5.56 Å². The van der Waals surface area contributed by atoms with E-state index in [2.05, 4.69) is 53.0 Å². The Bertz CT molecular complexity index is 972. The van der Waals surface area contributed by atoms with Gasteiger partial charge in [0.15, 0.2) is 0 Å². The first-order valence-corrected chi connectivity index (χ1v) is 9.00. The van der Waals surface area contributed by atoms with E-state index >= 15 is 0 Å². The summed E-state index contributed by atoms with van der Waals surface area (Å²) in [5.41, 5.74) is 7.51. The number of hydrogen-bond acceptors (Lipinski definition) is 4. The molecule has 1 amide bonds. The molecule has 1 aromatic heterocycles. The SMILES string of the molecule is CNc1cc(-c2ccc(C)cc2)cc(C(=O)NCc2noc(C)c2C)c1C. The van der Waals surface area contributed by atoms with Gasteiger partial charge in [0, 0.05) is 23.9 Å². The van der Waals surface area contributed by atoms with E-state index in [0.717, 1.165) is 39.4 Å². The van der Waals surface area contributed by atoms with Crippen molar-refractivity contribution >= 4 is 11.6 Å². The van der Waals surface area contributed by atoms with Crippen molar-refractivity contribution in [1.82, 2.24) is 10.5 Å². The number of anilines is 1. The number of carbonyl (C=O) groups excluding carboxylic acids is 1. The summed E-state index contributed by atoms with van der Waals surface area (Å²) in [5, 5.41) is 10.2. The zero-order chi connectivity index (χ0) is 19.6. The summed E-state index contributed by atoms with van der Waals surface area (Å²) in [5.74, 6) is 0.646. The molecule has 5 heteroatoms. The van der Waals surface area contributed by atoms with Crippen molar-refractivity contribution in [1.29, 1.82) is 0 Å². The monoisotopic (exact) mass is 363 g/mol. The van der Waals surface area contributed by atoms with Crippen LogP contribution in [0.15, 0.2) is 40.9 Å². The Morgan fingerprint density at radius 1 is 1.00 bits per heavy atom. The van der Waals surface area contributed by atoms with Crippen LogP contribution in [0.5, 0.6) is 0 Å². The summed E-state index contributed by atoms with van der Waals surface area (Å²) in [6.07, 6.45) is 0. The van der Waals surface area contributed by atoms with Crippen LogP contribution < -0.4 is 10.6 Å². The number of nitrogens with one attached hydrogen (secondary N) is 2. The van der Waals surface area contributed by atoms with Gasteiger partial charge in [-0.05, 0) is 56.5 Å². The molecule has 0 fully saturated rings. The maximum Gasteiger partial charge on any atom is 0.251 e. The highest BCUT2D eigenvalue weighted by Gasteiger charge is 2.16. The van der Waals surface area contributed by atoms with Gasteiger partial charge in [0.05, 0.1) is 6.54 Å². The minimum absolute atomic E-state index is 0.127. The third kappa shape index (κ3) is 3.87. The fourth-order valence-corrected chi connectivity index (χ4v) is 3.01. The molecule has 0 saturated heterocycles. The normalized spacial score (nSPS) is 10.7. The van der Waals surface area contributed by atoms with Gasteiger partial charge in [0.2, 0.25) is 0 Å². The van der Waals surface area contributed by atoms with Crippen LogP contribution >= 0.6 is 0 Å².